The first-order valence-electron chi connectivity index (χ1n) is 5.15. The highest BCUT2D eigenvalue weighted by Crippen LogP contribution is 2.49. The molecule has 3 atom stereocenters. The van der Waals surface area contributed by atoms with Gasteiger partial charge in [0.05, 0.1) is 12.2 Å². The first kappa shape index (κ1) is 8.52. The zero-order valence-corrected chi connectivity index (χ0v) is 7.75. The fourth-order valence-corrected chi connectivity index (χ4v) is 2.47. The van der Waals surface area contributed by atoms with Crippen LogP contribution in [0.3, 0.4) is 0 Å². The van der Waals surface area contributed by atoms with E-state index in [0.29, 0.717) is 6.10 Å². The summed E-state index contributed by atoms with van der Waals surface area (Å²) in [5.41, 5.74) is -0.106. The van der Waals surface area contributed by atoms with Crippen molar-refractivity contribution in [1.82, 2.24) is 0 Å². The van der Waals surface area contributed by atoms with Crippen LogP contribution in [0.1, 0.15) is 45.4 Å². The number of fused-ring (bicyclic) bond motifs is 1. The molecule has 0 aromatic heterocycles. The summed E-state index contributed by atoms with van der Waals surface area (Å²) in [6, 6.07) is 0. The van der Waals surface area contributed by atoms with E-state index in [9.17, 15) is 5.11 Å². The third-order valence-electron chi connectivity index (χ3n) is 3.33. The lowest BCUT2D eigenvalue weighted by Gasteiger charge is -2.16. The largest absolute Gasteiger partial charge is 0.390 e. The Morgan fingerprint density at radius 2 is 2.33 bits per heavy atom. The summed E-state index contributed by atoms with van der Waals surface area (Å²) in [4.78, 5) is 0. The number of aliphatic hydroxyl groups is 1. The summed E-state index contributed by atoms with van der Waals surface area (Å²) in [6.45, 7) is 2.03. The maximum Gasteiger partial charge on any atom is 0.120 e. The molecule has 0 aromatic rings. The summed E-state index contributed by atoms with van der Waals surface area (Å²) >= 11 is 0. The topological polar surface area (TPSA) is 32.8 Å². The molecule has 1 N–H and O–H groups in total. The highest BCUT2D eigenvalue weighted by molar-refractivity contribution is 5.08. The molecule has 12 heavy (non-hydrogen) atoms. The zero-order valence-electron chi connectivity index (χ0n) is 7.75. The van der Waals surface area contributed by atoms with Gasteiger partial charge in [-0.2, -0.15) is 0 Å². The molecule has 2 nitrogen and oxygen atoms in total. The van der Waals surface area contributed by atoms with Gasteiger partial charge < -0.3 is 9.84 Å². The third-order valence-corrected chi connectivity index (χ3v) is 3.33. The predicted octanol–water partition coefficient (Wildman–Crippen LogP) is 1.86. The van der Waals surface area contributed by atoms with Gasteiger partial charge in [-0.15, -0.1) is 0 Å². The average molecular weight is 170 g/mol. The lowest BCUT2D eigenvalue weighted by atomic mass is 9.92. The average Bonchev–Trinajstić information content (AvgIpc) is 2.76. The van der Waals surface area contributed by atoms with Crippen LogP contribution >= 0.6 is 0 Å². The number of ether oxygens (including phenoxy) is 1. The number of rotatable bonds is 2. The van der Waals surface area contributed by atoms with Crippen molar-refractivity contribution >= 4 is 0 Å². The van der Waals surface area contributed by atoms with Crippen molar-refractivity contribution in [3.05, 3.63) is 0 Å². The molecule has 1 aliphatic carbocycles. The number of hydrogen-bond acceptors (Lipinski definition) is 2. The summed E-state index contributed by atoms with van der Waals surface area (Å²) in [7, 11) is 0. The first-order chi connectivity index (χ1) is 5.79. The predicted molar refractivity (Wildman–Crippen MR) is 47.0 cm³/mol. The standard InChI is InChI=1S/C10H18O2/c1-2-8(11)10-7-5-3-4-6-9(10)12-10/h8-9,11H,2-7H2,1H3/t8?,9-,10-/m1/s1. The van der Waals surface area contributed by atoms with Crippen LogP contribution in [0.2, 0.25) is 0 Å². The molecule has 1 aliphatic heterocycles. The molecule has 0 amide bonds. The van der Waals surface area contributed by atoms with Gasteiger partial charge in [0.25, 0.3) is 0 Å². The van der Waals surface area contributed by atoms with Gasteiger partial charge in [0.2, 0.25) is 0 Å². The molecular formula is C10H18O2. The Morgan fingerprint density at radius 3 is 3.08 bits per heavy atom. The second-order valence-corrected chi connectivity index (χ2v) is 4.08. The molecule has 1 unspecified atom stereocenters. The fraction of sp³-hybridized carbons (Fsp3) is 1.00. The monoisotopic (exact) mass is 170 g/mol. The van der Waals surface area contributed by atoms with E-state index in [1.807, 2.05) is 6.92 Å². The Hall–Kier alpha value is -0.0800. The number of hydrogen-bond donors (Lipinski definition) is 1. The molecule has 2 aliphatic rings. The molecule has 1 heterocycles. The summed E-state index contributed by atoms with van der Waals surface area (Å²) < 4.78 is 5.65. The second-order valence-electron chi connectivity index (χ2n) is 4.08. The van der Waals surface area contributed by atoms with Crippen molar-refractivity contribution in [2.24, 2.45) is 0 Å². The first-order valence-corrected chi connectivity index (χ1v) is 5.15. The van der Waals surface area contributed by atoms with Crippen molar-refractivity contribution in [3.63, 3.8) is 0 Å². The minimum atomic E-state index is -0.222. The van der Waals surface area contributed by atoms with Crippen LogP contribution in [0, 0.1) is 0 Å². The molecule has 2 rings (SSSR count). The second kappa shape index (κ2) is 3.00. The third kappa shape index (κ3) is 1.17. The zero-order chi connectivity index (χ0) is 8.60. The maximum atomic E-state index is 9.78. The van der Waals surface area contributed by atoms with Gasteiger partial charge in [-0.25, -0.2) is 0 Å². The van der Waals surface area contributed by atoms with Crippen LogP contribution in [0.15, 0.2) is 0 Å². The number of aliphatic hydroxyl groups excluding tert-OH is 1. The summed E-state index contributed by atoms with van der Waals surface area (Å²) in [5, 5.41) is 9.78. The Bertz CT molecular complexity index is 169. The van der Waals surface area contributed by atoms with Gasteiger partial charge in [-0.1, -0.05) is 26.2 Å². The Balaban J connectivity index is 2.01. The smallest absolute Gasteiger partial charge is 0.120 e. The molecule has 0 radical (unpaired) electrons. The van der Waals surface area contributed by atoms with Crippen LogP contribution < -0.4 is 0 Å². The van der Waals surface area contributed by atoms with E-state index in [4.69, 9.17) is 4.74 Å². The Morgan fingerprint density at radius 1 is 1.50 bits per heavy atom. The molecule has 0 aromatic carbocycles. The van der Waals surface area contributed by atoms with Crippen molar-refractivity contribution in [2.75, 3.05) is 0 Å². The van der Waals surface area contributed by atoms with E-state index in [1.54, 1.807) is 0 Å². The molecule has 2 heteroatoms. The lowest BCUT2D eigenvalue weighted by Crippen LogP contribution is -2.31. The van der Waals surface area contributed by atoms with Crippen LogP contribution in [-0.4, -0.2) is 22.9 Å². The molecule has 0 bridgehead atoms. The molecule has 70 valence electrons. The minimum Gasteiger partial charge on any atom is -0.390 e. The van der Waals surface area contributed by atoms with Crippen LogP contribution in [0.5, 0.6) is 0 Å². The van der Waals surface area contributed by atoms with E-state index in [1.165, 1.54) is 19.3 Å². The van der Waals surface area contributed by atoms with E-state index in [0.717, 1.165) is 19.3 Å². The van der Waals surface area contributed by atoms with Crippen molar-refractivity contribution < 1.29 is 9.84 Å². The molecule has 1 saturated heterocycles. The summed E-state index contributed by atoms with van der Waals surface area (Å²) in [5.74, 6) is 0. The molecule has 2 fully saturated rings. The lowest BCUT2D eigenvalue weighted by molar-refractivity contribution is 0.0649. The summed E-state index contributed by atoms with van der Waals surface area (Å²) in [6.07, 6.45) is 7.06. The van der Waals surface area contributed by atoms with Gasteiger partial charge in [-0.3, -0.25) is 0 Å². The van der Waals surface area contributed by atoms with E-state index >= 15 is 0 Å². The van der Waals surface area contributed by atoms with Crippen molar-refractivity contribution in [3.8, 4) is 0 Å². The highest BCUT2D eigenvalue weighted by atomic mass is 16.6. The van der Waals surface area contributed by atoms with Crippen molar-refractivity contribution in [1.29, 1.82) is 0 Å². The quantitative estimate of drug-likeness (QED) is 0.642. The van der Waals surface area contributed by atoms with Gasteiger partial charge in [0, 0.05) is 0 Å². The van der Waals surface area contributed by atoms with Gasteiger partial charge in [-0.05, 0) is 19.3 Å². The van der Waals surface area contributed by atoms with Crippen LogP contribution in [0.4, 0.5) is 0 Å². The van der Waals surface area contributed by atoms with E-state index in [-0.39, 0.29) is 11.7 Å². The van der Waals surface area contributed by atoms with Crippen LogP contribution in [-0.2, 0) is 4.74 Å². The highest BCUT2D eigenvalue weighted by Gasteiger charge is 2.59. The van der Waals surface area contributed by atoms with Crippen molar-refractivity contribution in [2.45, 2.75) is 63.3 Å². The van der Waals surface area contributed by atoms with E-state index < -0.39 is 0 Å². The van der Waals surface area contributed by atoms with Crippen LogP contribution in [0.25, 0.3) is 0 Å². The van der Waals surface area contributed by atoms with Gasteiger partial charge in [0.1, 0.15) is 5.60 Å². The normalized spacial score (nSPS) is 43.0. The molecular weight excluding hydrogens is 152 g/mol. The SMILES string of the molecule is CCC(O)[C@]12CCCCC[C@H]1O2. The minimum absolute atomic E-state index is 0.106. The molecule has 0 spiro atoms. The Labute approximate surface area is 73.9 Å². The molecule has 1 saturated carbocycles. The van der Waals surface area contributed by atoms with E-state index in [2.05, 4.69) is 0 Å². The Kier molecular flexibility index (Phi) is 2.13. The van der Waals surface area contributed by atoms with Gasteiger partial charge in [0.15, 0.2) is 0 Å². The van der Waals surface area contributed by atoms with Gasteiger partial charge >= 0.3 is 0 Å². The maximum absolute atomic E-state index is 9.78. The number of epoxide rings is 1. The fourth-order valence-electron chi connectivity index (χ4n) is 2.47.